The summed E-state index contributed by atoms with van der Waals surface area (Å²) in [6.07, 6.45) is 8.49. The summed E-state index contributed by atoms with van der Waals surface area (Å²) >= 11 is 0. The number of carbonyl (C=O) groups is 1. The van der Waals surface area contributed by atoms with Crippen molar-refractivity contribution in [2.75, 3.05) is 23.3 Å². The van der Waals surface area contributed by atoms with Crippen LogP contribution in [0.3, 0.4) is 0 Å². The van der Waals surface area contributed by atoms with E-state index in [1.807, 2.05) is 55.0 Å². The standard InChI is InChI=1S/C23H26N4O/c1-2-18-8-3-4-9-20(18)25-23(28)19-11-16-27(17-12-19)22-21(10-7-13-24-22)26-14-5-6-15-26/h3-10,13-15,19H,2,11-12,16-17H2,1H3,(H,25,28). The van der Waals surface area contributed by atoms with Crippen molar-refractivity contribution < 1.29 is 4.79 Å². The molecule has 0 bridgehead atoms. The third-order valence-corrected chi connectivity index (χ3v) is 5.47. The van der Waals surface area contributed by atoms with Crippen molar-refractivity contribution >= 4 is 17.4 Å². The van der Waals surface area contributed by atoms with Crippen LogP contribution in [0.5, 0.6) is 0 Å². The molecule has 0 unspecified atom stereocenters. The third-order valence-electron chi connectivity index (χ3n) is 5.47. The summed E-state index contributed by atoms with van der Waals surface area (Å²) in [6.45, 7) is 3.77. The lowest BCUT2D eigenvalue weighted by molar-refractivity contribution is -0.120. The first kappa shape index (κ1) is 18.3. The quantitative estimate of drug-likeness (QED) is 0.725. The van der Waals surface area contributed by atoms with Gasteiger partial charge in [-0.25, -0.2) is 4.98 Å². The Kier molecular flexibility index (Phi) is 5.42. The number of amides is 1. The number of piperidine rings is 1. The predicted molar refractivity (Wildman–Crippen MR) is 113 cm³/mol. The zero-order chi connectivity index (χ0) is 19.3. The summed E-state index contributed by atoms with van der Waals surface area (Å²) < 4.78 is 2.09. The molecule has 1 N–H and O–H groups in total. The first-order valence-corrected chi connectivity index (χ1v) is 9.98. The Morgan fingerprint density at radius 1 is 1.07 bits per heavy atom. The zero-order valence-electron chi connectivity index (χ0n) is 16.2. The molecule has 2 aromatic heterocycles. The Morgan fingerprint density at radius 2 is 1.82 bits per heavy atom. The van der Waals surface area contributed by atoms with Gasteiger partial charge in [-0.1, -0.05) is 25.1 Å². The van der Waals surface area contributed by atoms with Gasteiger partial charge in [0, 0.05) is 43.3 Å². The number of para-hydroxylation sites is 1. The molecule has 1 aliphatic rings. The third kappa shape index (κ3) is 3.79. The van der Waals surface area contributed by atoms with Gasteiger partial charge in [0.05, 0.1) is 5.69 Å². The van der Waals surface area contributed by atoms with Gasteiger partial charge in [0.25, 0.3) is 0 Å². The summed E-state index contributed by atoms with van der Waals surface area (Å²) in [7, 11) is 0. The summed E-state index contributed by atoms with van der Waals surface area (Å²) in [6, 6.07) is 16.1. The molecule has 1 aromatic carbocycles. The maximum atomic E-state index is 12.8. The van der Waals surface area contributed by atoms with Crippen molar-refractivity contribution in [1.82, 2.24) is 9.55 Å². The topological polar surface area (TPSA) is 50.2 Å². The van der Waals surface area contributed by atoms with Gasteiger partial charge in [-0.2, -0.15) is 0 Å². The van der Waals surface area contributed by atoms with Gasteiger partial charge in [0.2, 0.25) is 5.91 Å². The smallest absolute Gasteiger partial charge is 0.227 e. The van der Waals surface area contributed by atoms with Crippen LogP contribution in [0.1, 0.15) is 25.3 Å². The minimum atomic E-state index is 0.0416. The number of rotatable bonds is 5. The van der Waals surface area contributed by atoms with Gasteiger partial charge in [0.1, 0.15) is 0 Å². The monoisotopic (exact) mass is 374 g/mol. The molecule has 3 aromatic rings. The van der Waals surface area contributed by atoms with Crippen molar-refractivity contribution in [1.29, 1.82) is 0 Å². The summed E-state index contributed by atoms with van der Waals surface area (Å²) in [4.78, 5) is 19.7. The molecular formula is C23H26N4O. The number of benzene rings is 1. The fourth-order valence-electron chi connectivity index (χ4n) is 3.87. The molecule has 5 nitrogen and oxygen atoms in total. The summed E-state index contributed by atoms with van der Waals surface area (Å²) in [5.41, 5.74) is 3.20. The molecule has 1 fully saturated rings. The molecule has 0 saturated carbocycles. The highest BCUT2D eigenvalue weighted by molar-refractivity contribution is 5.93. The molecule has 3 heterocycles. The van der Waals surface area contributed by atoms with E-state index in [0.717, 1.165) is 49.5 Å². The van der Waals surface area contributed by atoms with Crippen molar-refractivity contribution in [3.8, 4) is 5.69 Å². The number of hydrogen-bond acceptors (Lipinski definition) is 3. The second kappa shape index (κ2) is 8.30. The van der Waals surface area contributed by atoms with Gasteiger partial charge < -0.3 is 14.8 Å². The van der Waals surface area contributed by atoms with Crippen molar-refractivity contribution in [3.63, 3.8) is 0 Å². The molecule has 28 heavy (non-hydrogen) atoms. The average molecular weight is 374 g/mol. The van der Waals surface area contributed by atoms with E-state index < -0.39 is 0 Å². The van der Waals surface area contributed by atoms with E-state index in [2.05, 4.69) is 38.8 Å². The van der Waals surface area contributed by atoms with Crippen LogP contribution in [-0.4, -0.2) is 28.5 Å². The lowest BCUT2D eigenvalue weighted by Crippen LogP contribution is -2.39. The molecule has 0 aliphatic carbocycles. The van der Waals surface area contributed by atoms with Crippen LogP contribution >= 0.6 is 0 Å². The van der Waals surface area contributed by atoms with E-state index in [4.69, 9.17) is 0 Å². The molecular weight excluding hydrogens is 348 g/mol. The maximum Gasteiger partial charge on any atom is 0.227 e. The van der Waals surface area contributed by atoms with Crippen LogP contribution in [0.2, 0.25) is 0 Å². The molecule has 0 spiro atoms. The number of carbonyl (C=O) groups excluding carboxylic acids is 1. The number of aromatic nitrogens is 2. The number of nitrogens with zero attached hydrogens (tertiary/aromatic N) is 3. The van der Waals surface area contributed by atoms with Crippen LogP contribution in [-0.2, 0) is 11.2 Å². The van der Waals surface area contributed by atoms with Gasteiger partial charge in [-0.15, -0.1) is 0 Å². The summed E-state index contributed by atoms with van der Waals surface area (Å²) in [5, 5.41) is 3.14. The Labute approximate surface area is 166 Å². The SMILES string of the molecule is CCc1ccccc1NC(=O)C1CCN(c2ncccc2-n2cccc2)CC1. The van der Waals surface area contributed by atoms with Gasteiger partial charge in [-0.3, -0.25) is 4.79 Å². The van der Waals surface area contributed by atoms with Gasteiger partial charge >= 0.3 is 0 Å². The minimum absolute atomic E-state index is 0.0416. The van der Waals surface area contributed by atoms with Crippen LogP contribution in [0.25, 0.3) is 5.69 Å². The Morgan fingerprint density at radius 3 is 2.57 bits per heavy atom. The summed E-state index contributed by atoms with van der Waals surface area (Å²) in [5.74, 6) is 1.15. The molecule has 1 amide bonds. The molecule has 0 atom stereocenters. The Hall–Kier alpha value is -3.08. The van der Waals surface area contributed by atoms with Crippen molar-refractivity contribution in [3.05, 3.63) is 72.7 Å². The zero-order valence-corrected chi connectivity index (χ0v) is 16.2. The van der Waals surface area contributed by atoms with Crippen LogP contribution in [0.15, 0.2) is 67.1 Å². The fraction of sp³-hybridized carbons (Fsp3) is 0.304. The molecule has 1 aliphatic heterocycles. The van der Waals surface area contributed by atoms with E-state index in [1.165, 1.54) is 5.56 Å². The minimum Gasteiger partial charge on any atom is -0.355 e. The highest BCUT2D eigenvalue weighted by Gasteiger charge is 2.27. The van der Waals surface area contributed by atoms with Gasteiger partial charge in [-0.05, 0) is 55.2 Å². The second-order valence-electron chi connectivity index (χ2n) is 7.20. The van der Waals surface area contributed by atoms with Crippen LogP contribution in [0.4, 0.5) is 11.5 Å². The highest BCUT2D eigenvalue weighted by atomic mass is 16.1. The van der Waals surface area contributed by atoms with Crippen LogP contribution in [0, 0.1) is 5.92 Å². The van der Waals surface area contributed by atoms with E-state index in [-0.39, 0.29) is 11.8 Å². The molecule has 144 valence electrons. The maximum absolute atomic E-state index is 12.8. The first-order valence-electron chi connectivity index (χ1n) is 9.98. The Balaban J connectivity index is 1.42. The van der Waals surface area contributed by atoms with E-state index in [0.29, 0.717) is 0 Å². The molecule has 0 radical (unpaired) electrons. The molecule has 4 rings (SSSR count). The fourth-order valence-corrected chi connectivity index (χ4v) is 3.87. The number of hydrogen-bond donors (Lipinski definition) is 1. The van der Waals surface area contributed by atoms with Crippen molar-refractivity contribution in [2.45, 2.75) is 26.2 Å². The van der Waals surface area contributed by atoms with Gasteiger partial charge in [0.15, 0.2) is 5.82 Å². The van der Waals surface area contributed by atoms with Crippen LogP contribution < -0.4 is 10.2 Å². The number of anilines is 2. The average Bonchev–Trinajstić information content (AvgIpc) is 3.29. The Bertz CT molecular complexity index is 927. The first-order chi connectivity index (χ1) is 13.8. The largest absolute Gasteiger partial charge is 0.355 e. The number of aryl methyl sites for hydroxylation is 1. The number of pyridine rings is 1. The lowest BCUT2D eigenvalue weighted by Gasteiger charge is -2.33. The predicted octanol–water partition coefficient (Wildman–Crippen LogP) is 4.29. The van der Waals surface area contributed by atoms with E-state index in [1.54, 1.807) is 0 Å². The number of nitrogens with one attached hydrogen (secondary N) is 1. The highest BCUT2D eigenvalue weighted by Crippen LogP contribution is 2.28. The lowest BCUT2D eigenvalue weighted by atomic mass is 9.95. The van der Waals surface area contributed by atoms with E-state index >= 15 is 0 Å². The second-order valence-corrected chi connectivity index (χ2v) is 7.20. The van der Waals surface area contributed by atoms with Crippen molar-refractivity contribution in [2.24, 2.45) is 5.92 Å². The molecule has 1 saturated heterocycles. The molecule has 5 heteroatoms. The normalized spacial score (nSPS) is 14.8. The van der Waals surface area contributed by atoms with E-state index in [9.17, 15) is 4.79 Å².